The van der Waals surface area contributed by atoms with E-state index in [1.807, 2.05) is 31.2 Å². The summed E-state index contributed by atoms with van der Waals surface area (Å²) < 4.78 is 32.0. The number of aromatic nitrogens is 3. The van der Waals surface area contributed by atoms with E-state index in [-0.39, 0.29) is 22.9 Å². The van der Waals surface area contributed by atoms with E-state index in [2.05, 4.69) is 10.1 Å². The summed E-state index contributed by atoms with van der Waals surface area (Å²) >= 11 is 0. The minimum Gasteiger partial charge on any atom is -0.337 e. The van der Waals surface area contributed by atoms with Gasteiger partial charge in [-0.3, -0.25) is 4.79 Å². The highest BCUT2D eigenvalue weighted by Crippen LogP contribution is 2.17. The summed E-state index contributed by atoms with van der Waals surface area (Å²) in [6, 6.07) is 10.1. The van der Waals surface area contributed by atoms with Gasteiger partial charge in [0, 0.05) is 31.9 Å². The Balaban J connectivity index is 1.90. The van der Waals surface area contributed by atoms with Gasteiger partial charge in [-0.15, -0.1) is 0 Å². The number of nitrogens with zero attached hydrogens (tertiary/aromatic N) is 4. The van der Waals surface area contributed by atoms with Gasteiger partial charge in [0.25, 0.3) is 5.56 Å². The summed E-state index contributed by atoms with van der Waals surface area (Å²) in [6.45, 7) is 1.96. The lowest BCUT2D eigenvalue weighted by molar-refractivity contribution is 0.369. The topological polar surface area (TPSA) is 98.3 Å². The van der Waals surface area contributed by atoms with Crippen LogP contribution in [0.4, 0.5) is 0 Å². The van der Waals surface area contributed by atoms with Crippen LogP contribution in [-0.2, 0) is 16.6 Å². The van der Waals surface area contributed by atoms with E-state index < -0.39 is 10.0 Å². The smallest absolute Gasteiger partial charge is 0.251 e. The monoisotopic (exact) mass is 374 g/mol. The highest BCUT2D eigenvalue weighted by Gasteiger charge is 2.19. The van der Waals surface area contributed by atoms with Crippen LogP contribution in [0.5, 0.6) is 0 Å². The van der Waals surface area contributed by atoms with Gasteiger partial charge in [-0.05, 0) is 13.0 Å². The first-order chi connectivity index (χ1) is 12.3. The largest absolute Gasteiger partial charge is 0.337 e. The second-order valence-electron chi connectivity index (χ2n) is 6.00. The fourth-order valence-corrected chi connectivity index (χ4v) is 3.20. The lowest BCUT2D eigenvalue weighted by atomic mass is 10.1. The zero-order valence-electron chi connectivity index (χ0n) is 14.6. The molecule has 3 aromatic rings. The van der Waals surface area contributed by atoms with Crippen molar-refractivity contribution < 1.29 is 12.9 Å². The molecule has 26 heavy (non-hydrogen) atoms. The molecule has 0 spiro atoms. The molecule has 0 radical (unpaired) electrons. The Hall–Kier alpha value is -2.78. The molecule has 0 saturated heterocycles. The first-order valence-corrected chi connectivity index (χ1v) is 9.24. The van der Waals surface area contributed by atoms with Gasteiger partial charge in [-0.25, -0.2) is 12.7 Å². The first-order valence-electron chi connectivity index (χ1n) is 7.80. The van der Waals surface area contributed by atoms with Gasteiger partial charge in [0.15, 0.2) is 0 Å². The molecule has 2 aromatic heterocycles. The Morgan fingerprint density at radius 3 is 2.46 bits per heavy atom. The van der Waals surface area contributed by atoms with Gasteiger partial charge < -0.3 is 9.09 Å². The van der Waals surface area contributed by atoms with Crippen molar-refractivity contribution in [3.8, 4) is 11.4 Å². The summed E-state index contributed by atoms with van der Waals surface area (Å²) in [5.41, 5.74) is 1.54. The first kappa shape index (κ1) is 18.0. The van der Waals surface area contributed by atoms with Crippen LogP contribution in [0.3, 0.4) is 0 Å². The van der Waals surface area contributed by atoms with Crippen LogP contribution in [-0.4, -0.2) is 41.5 Å². The van der Waals surface area contributed by atoms with E-state index in [1.54, 1.807) is 0 Å². The number of sulfonamides is 1. The second-order valence-corrected chi connectivity index (χ2v) is 8.15. The predicted octanol–water partition coefficient (Wildman–Crippen LogP) is 1.51. The van der Waals surface area contributed by atoms with Crippen molar-refractivity contribution in [2.45, 2.75) is 18.4 Å². The van der Waals surface area contributed by atoms with Crippen molar-refractivity contribution in [3.05, 3.63) is 64.4 Å². The number of aryl methyl sites for hydroxylation is 1. The third-order valence-electron chi connectivity index (χ3n) is 3.82. The molecule has 0 bridgehead atoms. The molecule has 0 amide bonds. The summed E-state index contributed by atoms with van der Waals surface area (Å²) in [5.74, 6) is 0.618. The number of hydrogen-bond acceptors (Lipinski definition) is 6. The van der Waals surface area contributed by atoms with Gasteiger partial charge in [-0.1, -0.05) is 35.0 Å². The highest BCUT2D eigenvalue weighted by atomic mass is 32.2. The SMILES string of the molecule is Cc1ccc(-c2noc(Cn3cc(S(=O)(=O)N(C)C)ccc3=O)n2)cc1. The molecule has 136 valence electrons. The van der Waals surface area contributed by atoms with E-state index in [9.17, 15) is 13.2 Å². The van der Waals surface area contributed by atoms with Crippen LogP contribution in [0.2, 0.25) is 0 Å². The summed E-state index contributed by atoms with van der Waals surface area (Å²) in [7, 11) is -0.789. The van der Waals surface area contributed by atoms with Gasteiger partial charge in [0.1, 0.15) is 6.54 Å². The number of hydrogen-bond donors (Lipinski definition) is 0. The number of pyridine rings is 1. The molecule has 2 heterocycles. The maximum absolute atomic E-state index is 12.2. The molecule has 0 aliphatic carbocycles. The minimum atomic E-state index is -3.64. The average Bonchev–Trinajstić information content (AvgIpc) is 3.05. The van der Waals surface area contributed by atoms with Crippen molar-refractivity contribution in [1.29, 1.82) is 0 Å². The maximum Gasteiger partial charge on any atom is 0.251 e. The van der Waals surface area contributed by atoms with Crippen LogP contribution in [0, 0.1) is 6.92 Å². The fraction of sp³-hybridized carbons (Fsp3) is 0.235. The van der Waals surface area contributed by atoms with E-state index in [1.165, 1.54) is 37.0 Å². The van der Waals surface area contributed by atoms with Crippen molar-refractivity contribution in [2.24, 2.45) is 0 Å². The third kappa shape index (κ3) is 3.58. The van der Waals surface area contributed by atoms with Crippen LogP contribution in [0.15, 0.2) is 56.8 Å². The highest BCUT2D eigenvalue weighted by molar-refractivity contribution is 7.89. The van der Waals surface area contributed by atoms with E-state index in [4.69, 9.17) is 4.52 Å². The Bertz CT molecular complexity index is 1080. The summed E-state index contributed by atoms with van der Waals surface area (Å²) in [5, 5.41) is 3.91. The normalized spacial score (nSPS) is 11.8. The van der Waals surface area contributed by atoms with Gasteiger partial charge in [0.05, 0.1) is 4.90 Å². The molecular weight excluding hydrogens is 356 g/mol. The average molecular weight is 374 g/mol. The van der Waals surface area contributed by atoms with Crippen LogP contribution >= 0.6 is 0 Å². The van der Waals surface area contributed by atoms with Gasteiger partial charge >= 0.3 is 0 Å². The van der Waals surface area contributed by atoms with E-state index in [0.717, 1.165) is 15.4 Å². The molecule has 9 heteroatoms. The molecular formula is C17H18N4O4S. The Kier molecular flexibility index (Phi) is 4.75. The molecule has 1 aromatic carbocycles. The lowest BCUT2D eigenvalue weighted by Crippen LogP contribution is -2.26. The second kappa shape index (κ2) is 6.85. The van der Waals surface area contributed by atoms with Crippen LogP contribution < -0.4 is 5.56 Å². The van der Waals surface area contributed by atoms with Crippen molar-refractivity contribution in [2.75, 3.05) is 14.1 Å². The van der Waals surface area contributed by atoms with Crippen LogP contribution in [0.1, 0.15) is 11.5 Å². The van der Waals surface area contributed by atoms with E-state index in [0.29, 0.717) is 5.82 Å². The molecule has 8 nitrogen and oxygen atoms in total. The molecule has 0 aliphatic rings. The maximum atomic E-state index is 12.2. The number of rotatable bonds is 5. The molecule has 0 aliphatic heterocycles. The zero-order valence-corrected chi connectivity index (χ0v) is 15.4. The zero-order chi connectivity index (χ0) is 18.9. The van der Waals surface area contributed by atoms with Crippen molar-refractivity contribution in [3.63, 3.8) is 0 Å². The Morgan fingerprint density at radius 1 is 1.12 bits per heavy atom. The summed E-state index contributed by atoms with van der Waals surface area (Å²) in [4.78, 5) is 16.3. The molecule has 0 atom stereocenters. The molecule has 0 fully saturated rings. The molecule has 0 unspecified atom stereocenters. The predicted molar refractivity (Wildman–Crippen MR) is 95.1 cm³/mol. The Morgan fingerprint density at radius 2 is 1.81 bits per heavy atom. The van der Waals surface area contributed by atoms with Crippen LogP contribution in [0.25, 0.3) is 11.4 Å². The summed E-state index contributed by atoms with van der Waals surface area (Å²) in [6.07, 6.45) is 1.27. The number of benzene rings is 1. The van der Waals surface area contributed by atoms with E-state index >= 15 is 0 Å². The minimum absolute atomic E-state index is 0.0142. The Labute approximate surface area is 150 Å². The standard InChI is InChI=1S/C17H18N4O4S/c1-12-4-6-13(7-5-12)17-18-15(25-19-17)11-21-10-14(8-9-16(21)22)26(23,24)20(2)3/h4-10H,11H2,1-3H3. The fourth-order valence-electron chi connectivity index (χ4n) is 2.28. The third-order valence-corrected chi connectivity index (χ3v) is 5.62. The van der Waals surface area contributed by atoms with Gasteiger partial charge in [0.2, 0.25) is 21.7 Å². The van der Waals surface area contributed by atoms with Crippen molar-refractivity contribution in [1.82, 2.24) is 19.0 Å². The molecule has 0 N–H and O–H groups in total. The molecule has 0 saturated carbocycles. The quantitative estimate of drug-likeness (QED) is 0.671. The lowest BCUT2D eigenvalue weighted by Gasteiger charge is -2.12. The molecule has 3 rings (SSSR count). The van der Waals surface area contributed by atoms with Crippen molar-refractivity contribution >= 4 is 10.0 Å². The van der Waals surface area contributed by atoms with Gasteiger partial charge in [-0.2, -0.15) is 4.98 Å².